The Kier molecular flexibility index (Phi) is 5.41. The van der Waals surface area contributed by atoms with Crippen LogP contribution in [0.5, 0.6) is 0 Å². The van der Waals surface area contributed by atoms with E-state index >= 15 is 0 Å². The van der Waals surface area contributed by atoms with Gasteiger partial charge in [-0.05, 0) is 12.5 Å². The molecule has 0 aliphatic carbocycles. The second kappa shape index (κ2) is 6.60. The molecule has 0 atom stereocenters. The molecule has 2 N–H and O–H groups in total. The van der Waals surface area contributed by atoms with Gasteiger partial charge in [0.2, 0.25) is 0 Å². The van der Waals surface area contributed by atoms with Gasteiger partial charge in [0.25, 0.3) is 5.91 Å². The van der Waals surface area contributed by atoms with E-state index in [0.717, 1.165) is 0 Å². The van der Waals surface area contributed by atoms with E-state index < -0.39 is 18.5 Å². The smallest absolute Gasteiger partial charge is 0.373 e. The van der Waals surface area contributed by atoms with Crippen LogP contribution in [0.2, 0.25) is 5.02 Å². The van der Waals surface area contributed by atoms with Gasteiger partial charge in [-0.3, -0.25) is 4.79 Å². The number of hydrogen-bond donors (Lipinski definition) is 2. The van der Waals surface area contributed by atoms with Crippen molar-refractivity contribution in [3.05, 3.63) is 22.8 Å². The number of halogens is 4. The lowest BCUT2D eigenvalue weighted by Crippen LogP contribution is -2.26. The largest absolute Gasteiger partial charge is 0.389 e. The van der Waals surface area contributed by atoms with Crippen LogP contribution < -0.4 is 10.6 Å². The molecule has 0 spiro atoms. The molecule has 1 aromatic heterocycles. The number of nitrogens with zero attached hydrogens (tertiary/aromatic N) is 1. The Labute approximate surface area is 113 Å². The van der Waals surface area contributed by atoms with Crippen LogP contribution in [0.1, 0.15) is 23.2 Å². The summed E-state index contributed by atoms with van der Waals surface area (Å²) in [4.78, 5) is 15.6. The van der Waals surface area contributed by atoms with Crippen molar-refractivity contribution in [2.75, 3.05) is 18.9 Å². The fourth-order valence-corrected chi connectivity index (χ4v) is 1.52. The molecule has 0 fully saturated rings. The summed E-state index contributed by atoms with van der Waals surface area (Å²) in [5, 5.41) is 5.27. The lowest BCUT2D eigenvalue weighted by molar-refractivity contribution is -0.135. The van der Waals surface area contributed by atoms with Crippen LogP contribution in [0, 0.1) is 0 Å². The number of aromatic nitrogens is 1. The highest BCUT2D eigenvalue weighted by atomic mass is 35.5. The quantitative estimate of drug-likeness (QED) is 0.821. The molecule has 1 amide bonds. The number of anilines is 1. The molecule has 0 unspecified atom stereocenters. The molecule has 0 saturated heterocycles. The molecule has 8 heteroatoms. The Morgan fingerprint density at radius 2 is 2.16 bits per heavy atom. The molecular formula is C11H13ClF3N3O. The summed E-state index contributed by atoms with van der Waals surface area (Å²) in [6, 6.07) is 1.43. The minimum Gasteiger partial charge on any atom is -0.373 e. The first-order valence-corrected chi connectivity index (χ1v) is 5.89. The van der Waals surface area contributed by atoms with Gasteiger partial charge in [-0.1, -0.05) is 11.6 Å². The molecule has 0 saturated carbocycles. The van der Waals surface area contributed by atoms with Crippen LogP contribution in [-0.2, 0) is 0 Å². The number of amides is 1. The topological polar surface area (TPSA) is 54.0 Å². The number of carbonyl (C=O) groups is 1. The molecule has 1 aromatic rings. The zero-order valence-corrected chi connectivity index (χ0v) is 10.9. The Hall–Kier alpha value is -1.50. The fraction of sp³-hybridized carbons (Fsp3) is 0.455. The molecule has 0 radical (unpaired) electrons. The lowest BCUT2D eigenvalue weighted by atomic mass is 10.2. The van der Waals surface area contributed by atoms with Gasteiger partial charge in [-0.2, -0.15) is 13.2 Å². The third-order valence-electron chi connectivity index (χ3n) is 2.28. The standard InChI is InChI=1S/C11H13ClF3N3O/c1-16-9-5-7(8(12)6-18-9)10(19)17-4-2-3-11(13,14)15/h5-6H,2-4H2,1H3,(H,16,18)(H,17,19). The first kappa shape index (κ1) is 15.6. The molecule has 1 rings (SSSR count). The maximum atomic E-state index is 11.9. The zero-order valence-electron chi connectivity index (χ0n) is 10.1. The third-order valence-corrected chi connectivity index (χ3v) is 2.58. The summed E-state index contributed by atoms with van der Waals surface area (Å²) >= 11 is 5.80. The zero-order chi connectivity index (χ0) is 14.5. The van der Waals surface area contributed by atoms with Crippen LogP contribution >= 0.6 is 11.6 Å². The normalized spacial score (nSPS) is 11.2. The molecule has 0 bridgehead atoms. The first-order chi connectivity index (χ1) is 8.83. The lowest BCUT2D eigenvalue weighted by Gasteiger charge is -2.09. The van der Waals surface area contributed by atoms with Crippen molar-refractivity contribution in [2.24, 2.45) is 0 Å². The molecule has 0 aliphatic heterocycles. The Balaban J connectivity index is 2.54. The van der Waals surface area contributed by atoms with Gasteiger partial charge in [-0.15, -0.1) is 0 Å². The highest BCUT2D eigenvalue weighted by molar-refractivity contribution is 6.33. The van der Waals surface area contributed by atoms with Crippen molar-refractivity contribution in [3.63, 3.8) is 0 Å². The van der Waals surface area contributed by atoms with Crippen molar-refractivity contribution in [1.82, 2.24) is 10.3 Å². The number of nitrogens with one attached hydrogen (secondary N) is 2. The Morgan fingerprint density at radius 1 is 1.47 bits per heavy atom. The summed E-state index contributed by atoms with van der Waals surface area (Å²) in [5.74, 6) is -0.0732. The first-order valence-electron chi connectivity index (χ1n) is 5.51. The van der Waals surface area contributed by atoms with E-state index in [2.05, 4.69) is 15.6 Å². The van der Waals surface area contributed by atoms with Crippen LogP contribution in [-0.4, -0.2) is 30.7 Å². The molecule has 106 valence electrons. The molecule has 1 heterocycles. The second-order valence-electron chi connectivity index (χ2n) is 3.77. The SMILES string of the molecule is CNc1cc(C(=O)NCCCC(F)(F)F)c(Cl)cn1. The van der Waals surface area contributed by atoms with Crippen LogP contribution in [0.25, 0.3) is 0 Å². The van der Waals surface area contributed by atoms with E-state index in [1.54, 1.807) is 7.05 Å². The number of rotatable bonds is 5. The maximum absolute atomic E-state index is 11.9. The van der Waals surface area contributed by atoms with Gasteiger partial charge in [0.1, 0.15) is 5.82 Å². The summed E-state index contributed by atoms with van der Waals surface area (Å²) < 4.78 is 35.7. The second-order valence-corrected chi connectivity index (χ2v) is 4.18. The van der Waals surface area contributed by atoms with Gasteiger partial charge in [0.15, 0.2) is 0 Å². The fourth-order valence-electron chi connectivity index (χ4n) is 1.34. The predicted molar refractivity (Wildman–Crippen MR) is 66.4 cm³/mol. The van der Waals surface area contributed by atoms with Gasteiger partial charge in [-0.25, -0.2) is 4.98 Å². The van der Waals surface area contributed by atoms with Gasteiger partial charge in [0.05, 0.1) is 10.6 Å². The minimum absolute atomic E-state index is 0.0636. The summed E-state index contributed by atoms with van der Waals surface area (Å²) in [5.41, 5.74) is 0.174. The van der Waals surface area contributed by atoms with E-state index in [1.165, 1.54) is 12.3 Å². The van der Waals surface area contributed by atoms with Crippen molar-refractivity contribution >= 4 is 23.3 Å². The van der Waals surface area contributed by atoms with E-state index in [4.69, 9.17) is 11.6 Å². The van der Waals surface area contributed by atoms with Crippen LogP contribution in [0.4, 0.5) is 19.0 Å². The van der Waals surface area contributed by atoms with Gasteiger partial charge >= 0.3 is 6.18 Å². The average Bonchev–Trinajstić information content (AvgIpc) is 2.34. The van der Waals surface area contributed by atoms with Gasteiger partial charge in [0, 0.05) is 26.2 Å². The molecule has 0 aromatic carbocycles. The molecule has 0 aliphatic rings. The Bertz CT molecular complexity index is 451. The third kappa shape index (κ3) is 5.34. The highest BCUT2D eigenvalue weighted by Gasteiger charge is 2.26. The summed E-state index contributed by atoms with van der Waals surface area (Å²) in [6.45, 7) is -0.0636. The van der Waals surface area contributed by atoms with Gasteiger partial charge < -0.3 is 10.6 Å². The minimum atomic E-state index is -4.21. The highest BCUT2D eigenvalue weighted by Crippen LogP contribution is 2.21. The molecular weight excluding hydrogens is 283 g/mol. The van der Waals surface area contributed by atoms with Crippen molar-refractivity contribution in [1.29, 1.82) is 0 Å². The molecule has 4 nitrogen and oxygen atoms in total. The monoisotopic (exact) mass is 295 g/mol. The van der Waals surface area contributed by atoms with Crippen molar-refractivity contribution in [3.8, 4) is 0 Å². The van der Waals surface area contributed by atoms with E-state index in [0.29, 0.717) is 5.82 Å². The number of carbonyl (C=O) groups excluding carboxylic acids is 1. The molecule has 19 heavy (non-hydrogen) atoms. The van der Waals surface area contributed by atoms with Crippen LogP contribution in [0.3, 0.4) is 0 Å². The number of alkyl halides is 3. The van der Waals surface area contributed by atoms with Crippen molar-refractivity contribution < 1.29 is 18.0 Å². The van der Waals surface area contributed by atoms with Crippen molar-refractivity contribution in [2.45, 2.75) is 19.0 Å². The van der Waals surface area contributed by atoms with E-state index in [9.17, 15) is 18.0 Å². The van der Waals surface area contributed by atoms with E-state index in [-0.39, 0.29) is 23.6 Å². The van der Waals surface area contributed by atoms with Crippen LogP contribution in [0.15, 0.2) is 12.3 Å². The Morgan fingerprint density at radius 3 is 2.74 bits per heavy atom. The number of hydrogen-bond acceptors (Lipinski definition) is 3. The maximum Gasteiger partial charge on any atom is 0.389 e. The average molecular weight is 296 g/mol. The summed E-state index contributed by atoms with van der Waals surface area (Å²) in [6.07, 6.45) is -4.01. The predicted octanol–water partition coefficient (Wildman–Crippen LogP) is 2.85. The summed E-state index contributed by atoms with van der Waals surface area (Å²) in [7, 11) is 1.63. The van der Waals surface area contributed by atoms with E-state index in [1.807, 2.05) is 0 Å². The number of pyridine rings is 1.